The number of hydrogen-bond donors (Lipinski definition) is 1. The van der Waals surface area contributed by atoms with Gasteiger partial charge in [-0.3, -0.25) is 4.79 Å². The molecule has 0 radical (unpaired) electrons. The summed E-state index contributed by atoms with van der Waals surface area (Å²) in [6.45, 7) is 3.70. The average molecular weight is 435 g/mol. The molecule has 0 spiro atoms. The molecule has 0 saturated heterocycles. The molecule has 2 aromatic heterocycles. The van der Waals surface area contributed by atoms with Gasteiger partial charge in [-0.05, 0) is 48.5 Å². The van der Waals surface area contributed by atoms with Gasteiger partial charge in [0.1, 0.15) is 10.6 Å². The average Bonchev–Trinajstić information content (AvgIpc) is 3.33. The number of carbonyl (C=O) groups is 2. The predicted octanol–water partition coefficient (Wildman–Crippen LogP) is 2.34. The van der Waals surface area contributed by atoms with E-state index < -0.39 is 5.97 Å². The van der Waals surface area contributed by atoms with Gasteiger partial charge in [0.2, 0.25) is 11.1 Å². The van der Waals surface area contributed by atoms with Crippen LogP contribution in [0, 0.1) is 6.92 Å². The molecule has 0 atom stereocenters. The third-order valence-electron chi connectivity index (χ3n) is 3.59. The summed E-state index contributed by atoms with van der Waals surface area (Å²) >= 11 is 2.26. The number of nitrogens with zero attached hydrogens (tertiary/aromatic N) is 5. The predicted molar refractivity (Wildman–Crippen MR) is 108 cm³/mol. The Hall–Kier alpha value is -2.99. The summed E-state index contributed by atoms with van der Waals surface area (Å²) in [5, 5.41) is 15.1. The number of benzene rings is 1. The maximum Gasteiger partial charge on any atom is 0.350 e. The normalized spacial score (nSPS) is 10.6. The van der Waals surface area contributed by atoms with Crippen molar-refractivity contribution in [2.45, 2.75) is 19.0 Å². The number of ether oxygens (including phenoxy) is 2. The van der Waals surface area contributed by atoms with E-state index in [4.69, 9.17) is 9.47 Å². The van der Waals surface area contributed by atoms with E-state index in [1.54, 1.807) is 33.1 Å². The van der Waals surface area contributed by atoms with Crippen LogP contribution in [0.4, 0.5) is 5.13 Å². The summed E-state index contributed by atoms with van der Waals surface area (Å²) in [5.41, 5.74) is 1.26. The number of carbonyl (C=O) groups excluding carboxylic acids is 2. The van der Waals surface area contributed by atoms with Crippen molar-refractivity contribution in [3.63, 3.8) is 0 Å². The van der Waals surface area contributed by atoms with E-state index in [9.17, 15) is 9.59 Å². The van der Waals surface area contributed by atoms with E-state index in [-0.39, 0.29) is 18.3 Å². The Kier molecular flexibility index (Phi) is 6.77. The molecule has 152 valence electrons. The minimum atomic E-state index is -0.448. The fraction of sp³-hybridized carbons (Fsp3) is 0.294. The molecule has 1 aromatic carbocycles. The maximum atomic E-state index is 12.3. The lowest BCUT2D eigenvalue weighted by atomic mass is 10.3. The molecule has 3 aromatic rings. The number of anilines is 1. The van der Waals surface area contributed by atoms with Gasteiger partial charge in [-0.15, -0.1) is 5.10 Å². The number of thiazole rings is 1. The number of thioether (sulfide) groups is 1. The molecule has 2 heterocycles. The van der Waals surface area contributed by atoms with Gasteiger partial charge in [0.15, 0.2) is 5.13 Å². The molecule has 3 rings (SSSR count). The third kappa shape index (κ3) is 5.09. The Labute approximate surface area is 174 Å². The largest absolute Gasteiger partial charge is 0.497 e. The molecule has 10 nitrogen and oxygen atoms in total. The number of aromatic nitrogens is 5. The number of methoxy groups -OCH3 is 1. The second-order valence-corrected chi connectivity index (χ2v) is 7.50. The number of hydrogen-bond acceptors (Lipinski definition) is 10. The van der Waals surface area contributed by atoms with Crippen molar-refractivity contribution in [2.75, 3.05) is 24.8 Å². The number of nitrogens with one attached hydrogen (secondary N) is 1. The lowest BCUT2D eigenvalue weighted by molar-refractivity contribution is -0.113. The number of amides is 1. The topological polar surface area (TPSA) is 121 Å². The highest BCUT2D eigenvalue weighted by atomic mass is 32.2. The molecule has 12 heteroatoms. The van der Waals surface area contributed by atoms with E-state index in [0.29, 0.717) is 20.9 Å². The zero-order valence-electron chi connectivity index (χ0n) is 15.9. The van der Waals surface area contributed by atoms with Crippen LogP contribution in [0.1, 0.15) is 22.3 Å². The maximum absolute atomic E-state index is 12.3. The highest BCUT2D eigenvalue weighted by molar-refractivity contribution is 7.99. The second kappa shape index (κ2) is 9.47. The van der Waals surface area contributed by atoms with Gasteiger partial charge in [0, 0.05) is 0 Å². The van der Waals surface area contributed by atoms with Crippen LogP contribution in [0.5, 0.6) is 5.75 Å². The van der Waals surface area contributed by atoms with Gasteiger partial charge in [-0.1, -0.05) is 23.1 Å². The molecule has 1 N–H and O–H groups in total. The Balaban J connectivity index is 1.61. The molecule has 0 aliphatic heterocycles. The number of aryl methyl sites for hydroxylation is 1. The summed E-state index contributed by atoms with van der Waals surface area (Å²) in [6.07, 6.45) is 0. The summed E-state index contributed by atoms with van der Waals surface area (Å²) in [7, 11) is 1.59. The van der Waals surface area contributed by atoms with Crippen LogP contribution in [-0.2, 0) is 9.53 Å². The summed E-state index contributed by atoms with van der Waals surface area (Å²) in [4.78, 5) is 28.7. The molecular formula is C17H18N6O4S2. The fourth-order valence-electron chi connectivity index (χ4n) is 2.28. The monoisotopic (exact) mass is 434 g/mol. The molecule has 0 bridgehead atoms. The lowest BCUT2D eigenvalue weighted by Gasteiger charge is -2.05. The van der Waals surface area contributed by atoms with Crippen LogP contribution in [0.2, 0.25) is 0 Å². The zero-order chi connectivity index (χ0) is 20.8. The highest BCUT2D eigenvalue weighted by Gasteiger charge is 2.18. The highest BCUT2D eigenvalue weighted by Crippen LogP contribution is 2.24. The molecule has 0 aliphatic rings. The van der Waals surface area contributed by atoms with Crippen LogP contribution < -0.4 is 10.1 Å². The van der Waals surface area contributed by atoms with Gasteiger partial charge in [-0.2, -0.15) is 4.68 Å². The first-order chi connectivity index (χ1) is 14.0. The quantitative estimate of drug-likeness (QED) is 0.420. The van der Waals surface area contributed by atoms with Crippen molar-refractivity contribution < 1.29 is 19.1 Å². The van der Waals surface area contributed by atoms with Crippen LogP contribution in [0.3, 0.4) is 0 Å². The SMILES string of the molecule is CCOC(=O)c1sc(NC(=O)CSc2nnnn2-c2ccc(OC)cc2)nc1C. The fourth-order valence-corrected chi connectivity index (χ4v) is 3.84. The molecule has 0 fully saturated rings. The molecular weight excluding hydrogens is 416 g/mol. The Morgan fingerprint density at radius 3 is 2.72 bits per heavy atom. The summed E-state index contributed by atoms with van der Waals surface area (Å²) < 4.78 is 11.6. The minimum absolute atomic E-state index is 0.0733. The molecule has 0 unspecified atom stereocenters. The van der Waals surface area contributed by atoms with E-state index >= 15 is 0 Å². The molecule has 1 amide bonds. The Morgan fingerprint density at radius 2 is 2.03 bits per heavy atom. The zero-order valence-corrected chi connectivity index (χ0v) is 17.5. The van der Waals surface area contributed by atoms with E-state index in [2.05, 4.69) is 25.8 Å². The van der Waals surface area contributed by atoms with Crippen molar-refractivity contribution in [1.82, 2.24) is 25.2 Å². The van der Waals surface area contributed by atoms with Crippen molar-refractivity contribution >= 4 is 40.1 Å². The van der Waals surface area contributed by atoms with E-state index in [1.165, 1.54) is 16.4 Å². The van der Waals surface area contributed by atoms with E-state index in [0.717, 1.165) is 22.8 Å². The van der Waals surface area contributed by atoms with Crippen LogP contribution in [-0.4, -0.2) is 56.5 Å². The summed E-state index contributed by atoms with van der Waals surface area (Å²) in [5.74, 6) is 0.0555. The van der Waals surface area contributed by atoms with Gasteiger partial charge >= 0.3 is 5.97 Å². The Morgan fingerprint density at radius 1 is 1.28 bits per heavy atom. The van der Waals surface area contributed by atoms with Crippen molar-refractivity contribution in [3.8, 4) is 11.4 Å². The standard InChI is InChI=1S/C17H18N6O4S2/c1-4-27-15(25)14-10(2)18-16(29-14)19-13(24)9-28-17-20-21-22-23(17)11-5-7-12(26-3)8-6-11/h5-8H,4,9H2,1-3H3,(H,18,19,24). The van der Waals surface area contributed by atoms with Crippen molar-refractivity contribution in [2.24, 2.45) is 0 Å². The first-order valence-electron chi connectivity index (χ1n) is 8.51. The second-order valence-electron chi connectivity index (χ2n) is 5.56. The van der Waals surface area contributed by atoms with Crippen LogP contribution in [0.25, 0.3) is 5.69 Å². The van der Waals surface area contributed by atoms with Crippen LogP contribution in [0.15, 0.2) is 29.4 Å². The Bertz CT molecular complexity index is 1000. The third-order valence-corrected chi connectivity index (χ3v) is 5.57. The summed E-state index contributed by atoms with van der Waals surface area (Å²) in [6, 6.07) is 7.22. The molecule has 0 saturated carbocycles. The van der Waals surface area contributed by atoms with Gasteiger partial charge in [0.25, 0.3) is 0 Å². The number of rotatable bonds is 8. The van der Waals surface area contributed by atoms with Gasteiger partial charge in [0.05, 0.1) is 30.9 Å². The van der Waals surface area contributed by atoms with E-state index in [1.807, 2.05) is 12.1 Å². The first kappa shape index (κ1) is 20.7. The van der Waals surface area contributed by atoms with Gasteiger partial charge in [-0.25, -0.2) is 9.78 Å². The number of esters is 1. The smallest absolute Gasteiger partial charge is 0.350 e. The molecule has 0 aliphatic carbocycles. The van der Waals surface area contributed by atoms with Gasteiger partial charge < -0.3 is 14.8 Å². The van der Waals surface area contributed by atoms with Crippen molar-refractivity contribution in [1.29, 1.82) is 0 Å². The lowest BCUT2D eigenvalue weighted by Crippen LogP contribution is -2.14. The first-order valence-corrected chi connectivity index (χ1v) is 10.3. The molecule has 29 heavy (non-hydrogen) atoms. The van der Waals surface area contributed by atoms with Crippen LogP contribution >= 0.6 is 23.1 Å². The van der Waals surface area contributed by atoms with Crippen molar-refractivity contribution in [3.05, 3.63) is 34.8 Å². The number of tetrazole rings is 1. The minimum Gasteiger partial charge on any atom is -0.497 e.